The van der Waals surface area contributed by atoms with E-state index in [9.17, 15) is 0 Å². The van der Waals surface area contributed by atoms with Gasteiger partial charge < -0.3 is 10.6 Å². The molecule has 0 spiro atoms. The second-order valence-electron chi connectivity index (χ2n) is 5.65. The van der Waals surface area contributed by atoms with Crippen molar-refractivity contribution in [2.45, 2.75) is 51.5 Å². The fourth-order valence-electron chi connectivity index (χ4n) is 3.22. The summed E-state index contributed by atoms with van der Waals surface area (Å²) in [6, 6.07) is 0.881. The van der Waals surface area contributed by atoms with E-state index < -0.39 is 0 Å². The van der Waals surface area contributed by atoms with Gasteiger partial charge in [-0.2, -0.15) is 0 Å². The number of likely N-dealkylation sites (tertiary alicyclic amines) is 1. The number of hydrogen-bond acceptors (Lipinski definition) is 2. The third-order valence-corrected chi connectivity index (χ3v) is 4.39. The normalized spacial score (nSPS) is 39.2. The van der Waals surface area contributed by atoms with Gasteiger partial charge in [-0.05, 0) is 50.6 Å². The van der Waals surface area contributed by atoms with E-state index in [1.54, 1.807) is 0 Å². The molecule has 0 aromatic heterocycles. The van der Waals surface area contributed by atoms with E-state index in [0.29, 0.717) is 0 Å². The van der Waals surface area contributed by atoms with Crippen molar-refractivity contribution in [3.8, 4) is 0 Å². The van der Waals surface area contributed by atoms with E-state index in [1.807, 2.05) is 0 Å². The maximum absolute atomic E-state index is 5.75. The molecule has 0 radical (unpaired) electrons. The summed E-state index contributed by atoms with van der Waals surface area (Å²) in [5.74, 6) is 1.74. The van der Waals surface area contributed by atoms with E-state index in [4.69, 9.17) is 5.73 Å². The summed E-state index contributed by atoms with van der Waals surface area (Å²) in [7, 11) is 0. The number of nitrogens with two attached hydrogens (primary N) is 1. The van der Waals surface area contributed by atoms with E-state index in [1.165, 1.54) is 51.6 Å². The molecule has 3 unspecified atom stereocenters. The van der Waals surface area contributed by atoms with Gasteiger partial charge in [-0.25, -0.2) is 0 Å². The predicted octanol–water partition coefficient (Wildman–Crippen LogP) is 2.24. The highest BCUT2D eigenvalue weighted by atomic mass is 15.2. The second-order valence-corrected chi connectivity index (χ2v) is 5.65. The molecular formula is C13H26N2. The van der Waals surface area contributed by atoms with Gasteiger partial charge in [-0.1, -0.05) is 19.8 Å². The summed E-state index contributed by atoms with van der Waals surface area (Å²) < 4.78 is 0. The van der Waals surface area contributed by atoms with Crippen LogP contribution in [-0.4, -0.2) is 30.6 Å². The van der Waals surface area contributed by atoms with Crippen molar-refractivity contribution in [2.75, 3.05) is 19.6 Å². The van der Waals surface area contributed by atoms with Crippen molar-refractivity contribution in [1.82, 2.24) is 4.90 Å². The van der Waals surface area contributed by atoms with Gasteiger partial charge in [0.05, 0.1) is 0 Å². The molecule has 2 heteroatoms. The monoisotopic (exact) mass is 210 g/mol. The predicted molar refractivity (Wildman–Crippen MR) is 64.8 cm³/mol. The Balaban J connectivity index is 1.83. The van der Waals surface area contributed by atoms with Gasteiger partial charge in [0, 0.05) is 12.6 Å². The SMILES string of the molecule is CC1CCCC(N2CCC(CN)C2)CC1. The van der Waals surface area contributed by atoms with Gasteiger partial charge in [0.15, 0.2) is 0 Å². The molecule has 1 aliphatic carbocycles. The third kappa shape index (κ3) is 2.94. The van der Waals surface area contributed by atoms with Crippen LogP contribution in [0.5, 0.6) is 0 Å². The first-order valence-corrected chi connectivity index (χ1v) is 6.73. The number of nitrogens with zero attached hydrogens (tertiary/aromatic N) is 1. The van der Waals surface area contributed by atoms with Gasteiger partial charge in [-0.3, -0.25) is 0 Å². The minimum Gasteiger partial charge on any atom is -0.330 e. The van der Waals surface area contributed by atoms with Crippen molar-refractivity contribution in [3.63, 3.8) is 0 Å². The lowest BCUT2D eigenvalue weighted by Gasteiger charge is -2.26. The van der Waals surface area contributed by atoms with E-state index in [2.05, 4.69) is 11.8 Å². The number of hydrogen-bond donors (Lipinski definition) is 1. The Hall–Kier alpha value is -0.0800. The van der Waals surface area contributed by atoms with Crippen LogP contribution in [0.3, 0.4) is 0 Å². The zero-order valence-corrected chi connectivity index (χ0v) is 10.1. The van der Waals surface area contributed by atoms with Crippen molar-refractivity contribution in [3.05, 3.63) is 0 Å². The zero-order valence-electron chi connectivity index (χ0n) is 10.1. The van der Waals surface area contributed by atoms with E-state index in [0.717, 1.165) is 24.4 Å². The molecule has 2 nitrogen and oxygen atoms in total. The third-order valence-electron chi connectivity index (χ3n) is 4.39. The van der Waals surface area contributed by atoms with Crippen molar-refractivity contribution >= 4 is 0 Å². The Labute approximate surface area is 94.2 Å². The Bertz CT molecular complexity index is 193. The molecule has 0 bridgehead atoms. The summed E-state index contributed by atoms with van der Waals surface area (Å²) in [6.07, 6.45) is 8.53. The maximum atomic E-state index is 5.75. The second kappa shape index (κ2) is 5.31. The minimum absolute atomic E-state index is 0.783. The Morgan fingerprint density at radius 2 is 2.00 bits per heavy atom. The van der Waals surface area contributed by atoms with Gasteiger partial charge in [0.1, 0.15) is 0 Å². The molecule has 1 heterocycles. The molecule has 1 saturated heterocycles. The molecule has 15 heavy (non-hydrogen) atoms. The summed E-state index contributed by atoms with van der Waals surface area (Å²) in [5.41, 5.74) is 5.75. The molecule has 1 aliphatic heterocycles. The van der Waals surface area contributed by atoms with Gasteiger partial charge >= 0.3 is 0 Å². The van der Waals surface area contributed by atoms with Gasteiger partial charge in [0.25, 0.3) is 0 Å². The highest BCUT2D eigenvalue weighted by Gasteiger charge is 2.28. The molecule has 2 fully saturated rings. The molecule has 0 aromatic rings. The Kier molecular flexibility index (Phi) is 4.04. The maximum Gasteiger partial charge on any atom is 0.00954 e. The first-order chi connectivity index (χ1) is 7.29. The van der Waals surface area contributed by atoms with Crippen molar-refractivity contribution < 1.29 is 0 Å². The lowest BCUT2D eigenvalue weighted by atomic mass is 10.0. The largest absolute Gasteiger partial charge is 0.330 e. The van der Waals surface area contributed by atoms with Crippen LogP contribution in [0.15, 0.2) is 0 Å². The van der Waals surface area contributed by atoms with E-state index in [-0.39, 0.29) is 0 Å². The van der Waals surface area contributed by atoms with Crippen LogP contribution in [0.2, 0.25) is 0 Å². The molecule has 2 rings (SSSR count). The molecule has 2 aliphatic rings. The standard InChI is InChI=1S/C13H26N2/c1-11-3-2-4-13(6-5-11)15-8-7-12(9-14)10-15/h11-13H,2-10,14H2,1H3. The molecular weight excluding hydrogens is 184 g/mol. The topological polar surface area (TPSA) is 29.3 Å². The molecule has 0 amide bonds. The molecule has 3 atom stereocenters. The van der Waals surface area contributed by atoms with Gasteiger partial charge in [-0.15, -0.1) is 0 Å². The lowest BCUT2D eigenvalue weighted by Crippen LogP contribution is -2.33. The Morgan fingerprint density at radius 3 is 2.73 bits per heavy atom. The average Bonchev–Trinajstić information content (AvgIpc) is 2.62. The molecule has 88 valence electrons. The van der Waals surface area contributed by atoms with Crippen LogP contribution in [0, 0.1) is 11.8 Å². The minimum atomic E-state index is 0.783. The zero-order chi connectivity index (χ0) is 10.7. The lowest BCUT2D eigenvalue weighted by molar-refractivity contribution is 0.212. The summed E-state index contributed by atoms with van der Waals surface area (Å²) >= 11 is 0. The first-order valence-electron chi connectivity index (χ1n) is 6.73. The average molecular weight is 210 g/mol. The summed E-state index contributed by atoms with van der Waals surface area (Å²) in [6.45, 7) is 5.88. The Morgan fingerprint density at radius 1 is 1.13 bits per heavy atom. The quantitative estimate of drug-likeness (QED) is 0.708. The van der Waals surface area contributed by atoms with Gasteiger partial charge in [0.2, 0.25) is 0 Å². The fourth-order valence-corrected chi connectivity index (χ4v) is 3.22. The summed E-state index contributed by atoms with van der Waals surface area (Å²) in [5, 5.41) is 0. The van der Waals surface area contributed by atoms with Crippen LogP contribution in [0.4, 0.5) is 0 Å². The van der Waals surface area contributed by atoms with E-state index >= 15 is 0 Å². The van der Waals surface area contributed by atoms with Crippen LogP contribution in [0.25, 0.3) is 0 Å². The summed E-state index contributed by atoms with van der Waals surface area (Å²) in [4.78, 5) is 2.72. The number of rotatable bonds is 2. The van der Waals surface area contributed by atoms with Crippen LogP contribution in [0.1, 0.15) is 45.4 Å². The highest BCUT2D eigenvalue weighted by molar-refractivity contribution is 4.83. The smallest absolute Gasteiger partial charge is 0.00954 e. The van der Waals surface area contributed by atoms with Crippen LogP contribution >= 0.6 is 0 Å². The van der Waals surface area contributed by atoms with Crippen molar-refractivity contribution in [1.29, 1.82) is 0 Å². The molecule has 0 aromatic carbocycles. The van der Waals surface area contributed by atoms with Crippen LogP contribution in [-0.2, 0) is 0 Å². The molecule has 2 N–H and O–H groups in total. The molecule has 1 saturated carbocycles. The fraction of sp³-hybridized carbons (Fsp3) is 1.00. The van der Waals surface area contributed by atoms with Crippen LogP contribution < -0.4 is 5.73 Å². The van der Waals surface area contributed by atoms with Crippen molar-refractivity contribution in [2.24, 2.45) is 17.6 Å². The highest BCUT2D eigenvalue weighted by Crippen LogP contribution is 2.29. The first kappa shape index (κ1) is 11.4.